The van der Waals surface area contributed by atoms with Gasteiger partial charge in [-0.1, -0.05) is 24.3 Å². The first kappa shape index (κ1) is 19.3. The van der Waals surface area contributed by atoms with Gasteiger partial charge in [0, 0.05) is 18.5 Å². The van der Waals surface area contributed by atoms with Crippen molar-refractivity contribution < 1.29 is 27.5 Å². The van der Waals surface area contributed by atoms with Gasteiger partial charge in [0.2, 0.25) is 5.91 Å². The lowest BCUT2D eigenvalue weighted by atomic mass is 10.0. The summed E-state index contributed by atoms with van der Waals surface area (Å²) in [6, 6.07) is 11.4. The van der Waals surface area contributed by atoms with Crippen LogP contribution in [0, 0.1) is 0 Å². The Hall–Kier alpha value is -3.07. The summed E-state index contributed by atoms with van der Waals surface area (Å²) in [4.78, 5) is 24.7. The molecule has 0 saturated carbocycles. The number of hydrogen-bond acceptors (Lipinski definition) is 6. The monoisotopic (exact) mass is 416 g/mol. The van der Waals surface area contributed by atoms with Gasteiger partial charge in [-0.3, -0.25) is 9.59 Å². The van der Waals surface area contributed by atoms with E-state index in [1.54, 1.807) is 19.2 Å². The Labute approximate surface area is 168 Å². The van der Waals surface area contributed by atoms with Crippen molar-refractivity contribution in [2.45, 2.75) is 23.8 Å². The van der Waals surface area contributed by atoms with Crippen LogP contribution in [0.3, 0.4) is 0 Å². The van der Waals surface area contributed by atoms with Gasteiger partial charge in [0.15, 0.2) is 11.5 Å². The molecule has 1 atom stereocenters. The average molecular weight is 416 g/mol. The van der Waals surface area contributed by atoms with Crippen LogP contribution in [0.2, 0.25) is 0 Å². The summed E-state index contributed by atoms with van der Waals surface area (Å²) in [6.45, 7) is 0.0746. The third-order valence-electron chi connectivity index (χ3n) is 4.99. The molecule has 8 nitrogen and oxygen atoms in total. The first-order chi connectivity index (χ1) is 13.9. The molecule has 1 N–H and O–H groups in total. The zero-order chi connectivity index (χ0) is 20.6. The largest absolute Gasteiger partial charge is 0.493 e. The van der Waals surface area contributed by atoms with E-state index in [1.165, 1.54) is 12.1 Å². The van der Waals surface area contributed by atoms with Gasteiger partial charge < -0.3 is 14.8 Å². The van der Waals surface area contributed by atoms with E-state index in [0.29, 0.717) is 17.9 Å². The fraction of sp³-hybridized carbons (Fsp3) is 0.300. The molecule has 9 heteroatoms. The molecular weight excluding hydrogens is 396 g/mol. The minimum Gasteiger partial charge on any atom is -0.493 e. The molecule has 0 aliphatic carbocycles. The second-order valence-electron chi connectivity index (χ2n) is 6.86. The molecule has 2 aliphatic rings. The number of hydrogen-bond donors (Lipinski definition) is 1. The van der Waals surface area contributed by atoms with Crippen LogP contribution in [0.5, 0.6) is 11.5 Å². The Kier molecular flexibility index (Phi) is 4.91. The highest BCUT2D eigenvalue weighted by Gasteiger charge is 2.40. The number of carbonyl (C=O) groups is 2. The molecular formula is C20H20N2O6S. The lowest BCUT2D eigenvalue weighted by Crippen LogP contribution is -2.44. The quantitative estimate of drug-likeness (QED) is 0.790. The number of methoxy groups -OCH3 is 1. The minimum absolute atomic E-state index is 0.0170. The van der Waals surface area contributed by atoms with Gasteiger partial charge in [-0.05, 0) is 24.6 Å². The van der Waals surface area contributed by atoms with Crippen molar-refractivity contribution in [2.24, 2.45) is 0 Å². The van der Waals surface area contributed by atoms with Crippen molar-refractivity contribution in [2.75, 3.05) is 20.3 Å². The molecule has 2 heterocycles. The molecule has 4 rings (SSSR count). The Bertz CT molecular complexity index is 1080. The van der Waals surface area contributed by atoms with Crippen molar-refractivity contribution >= 4 is 21.8 Å². The molecule has 1 unspecified atom stereocenters. The Morgan fingerprint density at radius 3 is 2.79 bits per heavy atom. The number of carbonyl (C=O) groups excluding carboxylic acids is 2. The normalized spacial score (nSPS) is 19.1. The van der Waals surface area contributed by atoms with Crippen molar-refractivity contribution in [3.8, 4) is 11.5 Å². The zero-order valence-corrected chi connectivity index (χ0v) is 16.6. The van der Waals surface area contributed by atoms with Gasteiger partial charge >= 0.3 is 0 Å². The maximum atomic E-state index is 12.5. The highest BCUT2D eigenvalue weighted by molar-refractivity contribution is 7.90. The van der Waals surface area contributed by atoms with E-state index in [1.807, 2.05) is 18.2 Å². The first-order valence-corrected chi connectivity index (χ1v) is 10.6. The number of fused-ring (bicyclic) bond motifs is 2. The Morgan fingerprint density at radius 2 is 2.03 bits per heavy atom. The molecule has 29 heavy (non-hydrogen) atoms. The van der Waals surface area contributed by atoms with Crippen LogP contribution in [0.4, 0.5) is 0 Å². The number of amides is 2. The second-order valence-corrected chi connectivity index (χ2v) is 8.69. The van der Waals surface area contributed by atoms with Crippen molar-refractivity contribution in [1.82, 2.24) is 9.62 Å². The number of benzene rings is 2. The summed E-state index contributed by atoms with van der Waals surface area (Å²) in [5.74, 6) is 0.371. The van der Waals surface area contributed by atoms with Crippen molar-refractivity contribution in [3.63, 3.8) is 0 Å². The van der Waals surface area contributed by atoms with Crippen LogP contribution in [0.25, 0.3) is 0 Å². The zero-order valence-electron chi connectivity index (χ0n) is 15.8. The summed E-state index contributed by atoms with van der Waals surface area (Å²) < 4.78 is 36.8. The van der Waals surface area contributed by atoms with Gasteiger partial charge in [0.1, 0.15) is 11.5 Å². The van der Waals surface area contributed by atoms with E-state index < -0.39 is 15.9 Å². The van der Waals surface area contributed by atoms with Gasteiger partial charge in [0.05, 0.1) is 18.7 Å². The molecule has 0 radical (unpaired) electrons. The molecule has 2 aromatic carbocycles. The lowest BCUT2D eigenvalue weighted by Gasteiger charge is -2.27. The summed E-state index contributed by atoms with van der Waals surface area (Å²) in [5.41, 5.74) is 1.06. The van der Waals surface area contributed by atoms with E-state index in [9.17, 15) is 18.0 Å². The molecule has 2 aromatic rings. The molecule has 152 valence electrons. The minimum atomic E-state index is -3.91. The molecule has 2 aliphatic heterocycles. The van der Waals surface area contributed by atoms with Gasteiger partial charge in [-0.2, -0.15) is 0 Å². The van der Waals surface area contributed by atoms with E-state index >= 15 is 0 Å². The topological polar surface area (TPSA) is 102 Å². The van der Waals surface area contributed by atoms with Crippen molar-refractivity contribution in [1.29, 1.82) is 0 Å². The third-order valence-corrected chi connectivity index (χ3v) is 6.84. The van der Waals surface area contributed by atoms with Crippen LogP contribution >= 0.6 is 0 Å². The SMILES string of the molecule is COc1cccc2c1OCC(NC(=O)CCN1C(=O)c3ccccc3S1(=O)=O)C2. The molecule has 2 amide bonds. The standard InChI is InChI=1S/C20H20N2O6S/c1-27-16-7-4-5-13-11-14(12-28-19(13)16)21-18(23)9-10-22-20(24)15-6-2-3-8-17(15)29(22,25)26/h2-8,14H,9-12H2,1H3,(H,21,23). The number of para-hydroxylation sites is 1. The number of ether oxygens (including phenoxy) is 2. The van der Waals surface area contributed by atoms with Gasteiger partial charge in [-0.25, -0.2) is 12.7 Å². The highest BCUT2D eigenvalue weighted by atomic mass is 32.2. The third kappa shape index (κ3) is 3.42. The smallest absolute Gasteiger partial charge is 0.269 e. The Balaban J connectivity index is 1.37. The summed E-state index contributed by atoms with van der Waals surface area (Å²) in [5, 5.41) is 2.85. The highest BCUT2D eigenvalue weighted by Crippen LogP contribution is 2.34. The van der Waals surface area contributed by atoms with Crippen molar-refractivity contribution in [3.05, 3.63) is 53.6 Å². The van der Waals surface area contributed by atoms with Gasteiger partial charge in [-0.15, -0.1) is 0 Å². The fourth-order valence-corrected chi connectivity index (χ4v) is 5.17. The maximum Gasteiger partial charge on any atom is 0.269 e. The lowest BCUT2D eigenvalue weighted by molar-refractivity contribution is -0.122. The molecule has 0 fully saturated rings. The summed E-state index contributed by atoms with van der Waals surface area (Å²) in [6.07, 6.45) is 0.449. The van der Waals surface area contributed by atoms with Crippen LogP contribution in [0.1, 0.15) is 22.3 Å². The number of nitrogens with one attached hydrogen (secondary N) is 1. The molecule has 0 saturated heterocycles. The number of rotatable bonds is 5. The summed E-state index contributed by atoms with van der Waals surface area (Å²) in [7, 11) is -2.34. The predicted molar refractivity (Wildman–Crippen MR) is 103 cm³/mol. The predicted octanol–water partition coefficient (Wildman–Crippen LogP) is 1.35. The Morgan fingerprint density at radius 1 is 1.24 bits per heavy atom. The fourth-order valence-electron chi connectivity index (χ4n) is 3.60. The van der Waals surface area contributed by atoms with E-state index in [-0.39, 0.29) is 42.0 Å². The molecule has 0 bridgehead atoms. The van der Waals surface area contributed by atoms with Crippen LogP contribution in [0.15, 0.2) is 47.4 Å². The number of nitrogens with zero attached hydrogens (tertiary/aromatic N) is 1. The first-order valence-electron chi connectivity index (χ1n) is 9.16. The second kappa shape index (κ2) is 7.40. The van der Waals surface area contributed by atoms with E-state index in [0.717, 1.165) is 9.87 Å². The van der Waals surface area contributed by atoms with Crippen LogP contribution < -0.4 is 14.8 Å². The van der Waals surface area contributed by atoms with Crippen LogP contribution in [-0.4, -0.2) is 50.8 Å². The maximum absolute atomic E-state index is 12.5. The van der Waals surface area contributed by atoms with Gasteiger partial charge in [0.25, 0.3) is 15.9 Å². The molecule has 0 aromatic heterocycles. The van der Waals surface area contributed by atoms with Crippen LogP contribution in [-0.2, 0) is 21.2 Å². The number of sulfonamides is 1. The van der Waals surface area contributed by atoms with E-state index in [4.69, 9.17) is 9.47 Å². The average Bonchev–Trinajstić information content (AvgIpc) is 2.91. The molecule has 0 spiro atoms. The summed E-state index contributed by atoms with van der Waals surface area (Å²) >= 11 is 0. The van der Waals surface area contributed by atoms with E-state index in [2.05, 4.69) is 5.32 Å².